The second-order valence-electron chi connectivity index (χ2n) is 11.3. The minimum Gasteiger partial charge on any atom is -0.381 e. The first-order chi connectivity index (χ1) is 20.6. The van der Waals surface area contributed by atoms with Crippen molar-refractivity contribution in [3.05, 3.63) is 94.6 Å². The molecule has 1 amide bonds. The monoisotopic (exact) mass is 559 g/mol. The number of ether oxygens (including phenoxy) is 1. The van der Waals surface area contributed by atoms with Crippen molar-refractivity contribution in [2.45, 2.75) is 51.6 Å². The van der Waals surface area contributed by atoms with Crippen LogP contribution in [0.3, 0.4) is 0 Å². The fourth-order valence-electron chi connectivity index (χ4n) is 6.42. The summed E-state index contributed by atoms with van der Waals surface area (Å²) in [5.74, 6) is 0.104. The van der Waals surface area contributed by atoms with Gasteiger partial charge in [0.05, 0.1) is 23.1 Å². The van der Waals surface area contributed by atoms with Crippen molar-refractivity contribution in [2.24, 2.45) is 0 Å². The maximum absolute atomic E-state index is 12.3. The zero-order valence-corrected chi connectivity index (χ0v) is 23.8. The molecule has 3 aliphatic rings. The number of allylic oxidation sites excluding steroid dienone is 1. The number of benzene rings is 1. The standard InChI is InChI=1S/C34H33N5O3/c1-22(41)38-14-11-33-30(20-38)34(37-39(33)27-12-15-42-16-13-27)28-4-2-3-25-17-32(36-19-29(25)28)26-9-10-31(35-18-26)24-7-5-23(21-40)6-8-24/h4-10,17-19,21,27H,2-3,11-16,20H2,1H3. The molecule has 42 heavy (non-hydrogen) atoms. The first kappa shape index (κ1) is 26.5. The maximum atomic E-state index is 12.3. The third-order valence-electron chi connectivity index (χ3n) is 8.77. The van der Waals surface area contributed by atoms with Crippen LogP contribution in [0, 0.1) is 0 Å². The lowest BCUT2D eigenvalue weighted by Crippen LogP contribution is -2.35. The highest BCUT2D eigenvalue weighted by Gasteiger charge is 2.32. The Balaban J connectivity index is 1.21. The van der Waals surface area contributed by atoms with E-state index in [9.17, 15) is 9.59 Å². The summed E-state index contributed by atoms with van der Waals surface area (Å²) in [5, 5.41) is 5.26. The molecule has 1 aliphatic carbocycles. The van der Waals surface area contributed by atoms with E-state index in [-0.39, 0.29) is 5.91 Å². The number of rotatable bonds is 5. The van der Waals surface area contributed by atoms with E-state index in [4.69, 9.17) is 14.8 Å². The highest BCUT2D eigenvalue weighted by molar-refractivity contribution is 5.84. The topological polar surface area (TPSA) is 90.2 Å². The molecule has 3 aromatic heterocycles. The Morgan fingerprint density at radius 1 is 0.976 bits per heavy atom. The van der Waals surface area contributed by atoms with Crippen LogP contribution in [0.2, 0.25) is 0 Å². The smallest absolute Gasteiger partial charge is 0.219 e. The minimum atomic E-state index is 0.104. The van der Waals surface area contributed by atoms with Crippen LogP contribution in [0.4, 0.5) is 0 Å². The molecule has 0 N–H and O–H groups in total. The molecule has 8 heteroatoms. The Labute approximate surface area is 245 Å². The third kappa shape index (κ3) is 4.86. The van der Waals surface area contributed by atoms with Gasteiger partial charge in [-0.3, -0.25) is 24.2 Å². The molecule has 212 valence electrons. The number of pyridine rings is 2. The van der Waals surface area contributed by atoms with E-state index < -0.39 is 0 Å². The predicted octanol–water partition coefficient (Wildman–Crippen LogP) is 5.45. The highest BCUT2D eigenvalue weighted by Crippen LogP contribution is 2.38. The van der Waals surface area contributed by atoms with E-state index in [1.807, 2.05) is 41.6 Å². The molecule has 0 spiro atoms. The van der Waals surface area contributed by atoms with Crippen molar-refractivity contribution in [3.8, 4) is 22.5 Å². The number of amides is 1. The van der Waals surface area contributed by atoms with Crippen LogP contribution in [0.25, 0.3) is 28.1 Å². The van der Waals surface area contributed by atoms with E-state index in [1.54, 1.807) is 19.1 Å². The number of hydrogen-bond acceptors (Lipinski definition) is 6. The molecular weight excluding hydrogens is 526 g/mol. The van der Waals surface area contributed by atoms with Gasteiger partial charge in [-0.25, -0.2) is 0 Å². The summed E-state index contributed by atoms with van der Waals surface area (Å²) in [6.45, 7) is 4.49. The fraction of sp³-hybridized carbons (Fsp3) is 0.324. The zero-order valence-electron chi connectivity index (χ0n) is 23.8. The summed E-state index contributed by atoms with van der Waals surface area (Å²) in [7, 11) is 0. The van der Waals surface area contributed by atoms with E-state index >= 15 is 0 Å². The molecule has 0 atom stereocenters. The number of carbonyl (C=O) groups excluding carboxylic acids is 2. The summed E-state index contributed by atoms with van der Waals surface area (Å²) in [6, 6.07) is 14.0. The molecule has 4 aromatic rings. The van der Waals surface area contributed by atoms with Crippen molar-refractivity contribution in [2.75, 3.05) is 19.8 Å². The number of carbonyl (C=O) groups is 2. The molecule has 5 heterocycles. The lowest BCUT2D eigenvalue weighted by molar-refractivity contribution is -0.129. The molecule has 0 bridgehead atoms. The van der Waals surface area contributed by atoms with Crippen LogP contribution in [0.15, 0.2) is 60.9 Å². The van der Waals surface area contributed by atoms with Gasteiger partial charge in [0, 0.05) is 91.1 Å². The van der Waals surface area contributed by atoms with Gasteiger partial charge in [-0.2, -0.15) is 5.10 Å². The van der Waals surface area contributed by atoms with Gasteiger partial charge in [0.15, 0.2) is 0 Å². The number of aromatic nitrogens is 4. The van der Waals surface area contributed by atoms with Gasteiger partial charge in [-0.1, -0.05) is 30.3 Å². The Morgan fingerprint density at radius 2 is 1.76 bits per heavy atom. The van der Waals surface area contributed by atoms with Crippen LogP contribution >= 0.6 is 0 Å². The molecular formula is C34H33N5O3. The largest absolute Gasteiger partial charge is 0.381 e. The molecule has 0 radical (unpaired) electrons. The summed E-state index contributed by atoms with van der Waals surface area (Å²) >= 11 is 0. The molecule has 1 saturated heterocycles. The van der Waals surface area contributed by atoms with Crippen LogP contribution in [0.1, 0.15) is 70.7 Å². The van der Waals surface area contributed by atoms with Crippen LogP contribution in [0.5, 0.6) is 0 Å². The van der Waals surface area contributed by atoms with E-state index in [0.717, 1.165) is 97.5 Å². The average molecular weight is 560 g/mol. The minimum absolute atomic E-state index is 0.104. The number of aldehydes is 1. The number of fused-ring (bicyclic) bond motifs is 2. The summed E-state index contributed by atoms with van der Waals surface area (Å²) in [6.07, 6.45) is 11.6. The quantitative estimate of drug-likeness (QED) is 0.302. The van der Waals surface area contributed by atoms with Gasteiger partial charge in [-0.05, 0) is 49.4 Å². The maximum Gasteiger partial charge on any atom is 0.219 e. The summed E-state index contributed by atoms with van der Waals surface area (Å²) in [4.78, 5) is 34.8. The molecule has 2 aliphatic heterocycles. The number of hydrogen-bond donors (Lipinski definition) is 0. The van der Waals surface area contributed by atoms with E-state index in [0.29, 0.717) is 18.2 Å². The summed E-state index contributed by atoms with van der Waals surface area (Å²) < 4.78 is 7.89. The van der Waals surface area contributed by atoms with Gasteiger partial charge in [0.2, 0.25) is 5.91 Å². The Morgan fingerprint density at radius 3 is 2.50 bits per heavy atom. The lowest BCUT2D eigenvalue weighted by atomic mass is 9.87. The van der Waals surface area contributed by atoms with Crippen molar-refractivity contribution < 1.29 is 14.3 Å². The van der Waals surface area contributed by atoms with Gasteiger partial charge >= 0.3 is 0 Å². The Hall–Kier alpha value is -4.43. The van der Waals surface area contributed by atoms with E-state index in [2.05, 4.69) is 21.8 Å². The molecule has 7 rings (SSSR count). The first-order valence-corrected chi connectivity index (χ1v) is 14.7. The third-order valence-corrected chi connectivity index (χ3v) is 8.77. The van der Waals surface area contributed by atoms with Crippen LogP contribution in [-0.2, 0) is 28.9 Å². The van der Waals surface area contributed by atoms with Crippen molar-refractivity contribution in [3.63, 3.8) is 0 Å². The van der Waals surface area contributed by atoms with Gasteiger partial charge < -0.3 is 9.64 Å². The molecule has 0 saturated carbocycles. The van der Waals surface area contributed by atoms with Crippen molar-refractivity contribution in [1.82, 2.24) is 24.6 Å². The van der Waals surface area contributed by atoms with Crippen LogP contribution < -0.4 is 0 Å². The second-order valence-corrected chi connectivity index (χ2v) is 11.3. The molecule has 0 unspecified atom stereocenters. The highest BCUT2D eigenvalue weighted by atomic mass is 16.5. The lowest BCUT2D eigenvalue weighted by Gasteiger charge is -2.29. The Bertz CT molecular complexity index is 1680. The molecule has 8 nitrogen and oxygen atoms in total. The Kier molecular flexibility index (Phi) is 6.99. The summed E-state index contributed by atoms with van der Waals surface area (Å²) in [5.41, 5.74) is 11.2. The fourth-order valence-corrected chi connectivity index (χ4v) is 6.42. The van der Waals surface area contributed by atoms with Crippen LogP contribution in [-0.4, -0.2) is 56.6 Å². The normalized spacial score (nSPS) is 16.9. The number of aryl methyl sites for hydroxylation is 1. The average Bonchev–Trinajstić information content (AvgIpc) is 3.43. The predicted molar refractivity (Wildman–Crippen MR) is 160 cm³/mol. The first-order valence-electron chi connectivity index (χ1n) is 14.7. The SMILES string of the molecule is CC(=O)N1CCc2c(c(C3=CCCc4cc(-c5ccc(-c6ccc(C=O)cc6)nc5)ncc43)nn2C2CCOCC2)C1. The molecule has 1 aromatic carbocycles. The number of nitrogens with zero attached hydrogens (tertiary/aromatic N) is 5. The van der Waals surface area contributed by atoms with E-state index in [1.165, 1.54) is 16.8 Å². The zero-order chi connectivity index (χ0) is 28.6. The van der Waals surface area contributed by atoms with Gasteiger partial charge in [-0.15, -0.1) is 0 Å². The van der Waals surface area contributed by atoms with Crippen molar-refractivity contribution in [1.29, 1.82) is 0 Å². The van der Waals surface area contributed by atoms with Gasteiger partial charge in [0.25, 0.3) is 0 Å². The van der Waals surface area contributed by atoms with Gasteiger partial charge in [0.1, 0.15) is 6.29 Å². The van der Waals surface area contributed by atoms with Crippen molar-refractivity contribution >= 4 is 17.8 Å². The second kappa shape index (κ2) is 11.1. The molecule has 1 fully saturated rings.